The van der Waals surface area contributed by atoms with E-state index in [2.05, 4.69) is 13.8 Å². The molecule has 0 bridgehead atoms. The van der Waals surface area contributed by atoms with E-state index in [1.54, 1.807) is 7.11 Å². The van der Waals surface area contributed by atoms with Crippen molar-refractivity contribution in [3.05, 3.63) is 0 Å². The molecule has 0 fully saturated rings. The third-order valence-corrected chi connectivity index (χ3v) is 4.21. The summed E-state index contributed by atoms with van der Waals surface area (Å²) < 4.78 is 15.4. The normalized spacial score (nSPS) is 12.0. The molecule has 148 valence electrons. The van der Waals surface area contributed by atoms with E-state index in [4.69, 9.17) is 14.2 Å². The summed E-state index contributed by atoms with van der Waals surface area (Å²) in [4.78, 5) is 23.2. The molecule has 0 spiro atoms. The smallest absolute Gasteiger partial charge is 0.305 e. The van der Waals surface area contributed by atoms with Gasteiger partial charge in [-0.2, -0.15) is 0 Å². The summed E-state index contributed by atoms with van der Waals surface area (Å²) in [6.07, 6.45) is 9.68. The second kappa shape index (κ2) is 17.7. The highest BCUT2D eigenvalue weighted by atomic mass is 16.5. The van der Waals surface area contributed by atoms with Crippen molar-refractivity contribution >= 4 is 11.9 Å². The van der Waals surface area contributed by atoms with Gasteiger partial charge < -0.3 is 14.2 Å². The van der Waals surface area contributed by atoms with Gasteiger partial charge in [-0.25, -0.2) is 0 Å². The van der Waals surface area contributed by atoms with Gasteiger partial charge in [0.2, 0.25) is 0 Å². The van der Waals surface area contributed by atoms with Crippen molar-refractivity contribution in [2.24, 2.45) is 5.92 Å². The van der Waals surface area contributed by atoms with Crippen LogP contribution < -0.4 is 0 Å². The zero-order valence-electron chi connectivity index (χ0n) is 16.5. The molecule has 0 aliphatic rings. The lowest BCUT2D eigenvalue weighted by atomic mass is 10.1. The average Bonchev–Trinajstić information content (AvgIpc) is 2.60. The molecule has 25 heavy (non-hydrogen) atoms. The minimum Gasteiger partial charge on any atom is -0.466 e. The first-order valence-electron chi connectivity index (χ1n) is 9.90. The third-order valence-electron chi connectivity index (χ3n) is 4.21. The highest BCUT2D eigenvalue weighted by Crippen LogP contribution is 2.09. The van der Waals surface area contributed by atoms with E-state index in [1.165, 1.54) is 19.3 Å². The molecule has 0 N–H and O–H groups in total. The Labute approximate surface area is 153 Å². The van der Waals surface area contributed by atoms with Gasteiger partial charge >= 0.3 is 11.9 Å². The van der Waals surface area contributed by atoms with Gasteiger partial charge in [0, 0.05) is 26.6 Å². The summed E-state index contributed by atoms with van der Waals surface area (Å²) in [5, 5.41) is 0. The van der Waals surface area contributed by atoms with E-state index >= 15 is 0 Å². The standard InChI is InChI=1S/C20H38O5/c1-4-5-6-7-10-15-24-19(21)11-8-9-12-20(22)25-17-14-18(2)13-16-23-3/h18H,4-17H2,1-3H3. The van der Waals surface area contributed by atoms with Crippen LogP contribution in [0, 0.1) is 5.92 Å². The second-order valence-corrected chi connectivity index (χ2v) is 6.74. The van der Waals surface area contributed by atoms with Crippen molar-refractivity contribution in [3.8, 4) is 0 Å². The van der Waals surface area contributed by atoms with Crippen molar-refractivity contribution in [2.75, 3.05) is 26.9 Å². The van der Waals surface area contributed by atoms with E-state index in [0.29, 0.717) is 44.8 Å². The lowest BCUT2D eigenvalue weighted by molar-refractivity contribution is -0.146. The SMILES string of the molecule is CCCCCCCOC(=O)CCCCC(=O)OCCC(C)CCOC. The highest BCUT2D eigenvalue weighted by molar-refractivity contribution is 5.70. The number of methoxy groups -OCH3 is 1. The van der Waals surface area contributed by atoms with Crippen molar-refractivity contribution in [1.82, 2.24) is 0 Å². The molecule has 1 unspecified atom stereocenters. The number of hydrogen-bond acceptors (Lipinski definition) is 5. The Balaban J connectivity index is 3.42. The number of carbonyl (C=O) groups excluding carboxylic acids is 2. The fourth-order valence-electron chi connectivity index (χ4n) is 2.41. The first-order chi connectivity index (χ1) is 12.1. The summed E-state index contributed by atoms with van der Waals surface area (Å²) in [5.74, 6) is 0.156. The molecule has 0 radical (unpaired) electrons. The van der Waals surface area contributed by atoms with Crippen LogP contribution >= 0.6 is 0 Å². The van der Waals surface area contributed by atoms with Crippen molar-refractivity contribution < 1.29 is 23.8 Å². The lowest BCUT2D eigenvalue weighted by Gasteiger charge is -2.11. The van der Waals surface area contributed by atoms with E-state index in [0.717, 1.165) is 32.3 Å². The molecule has 0 aromatic rings. The predicted octanol–water partition coefficient (Wildman–Crippen LogP) is 4.67. The number of carbonyl (C=O) groups is 2. The maximum atomic E-state index is 11.6. The lowest BCUT2D eigenvalue weighted by Crippen LogP contribution is -2.10. The van der Waals surface area contributed by atoms with E-state index in [-0.39, 0.29) is 11.9 Å². The number of rotatable bonds is 17. The summed E-state index contributed by atoms with van der Waals surface area (Å²) in [6, 6.07) is 0. The molecule has 0 aliphatic carbocycles. The second-order valence-electron chi connectivity index (χ2n) is 6.74. The van der Waals surface area contributed by atoms with Gasteiger partial charge in [-0.05, 0) is 38.0 Å². The van der Waals surface area contributed by atoms with E-state index < -0.39 is 0 Å². The molecule has 0 amide bonds. The van der Waals surface area contributed by atoms with Crippen molar-refractivity contribution in [2.45, 2.75) is 84.5 Å². The highest BCUT2D eigenvalue weighted by Gasteiger charge is 2.07. The van der Waals surface area contributed by atoms with Gasteiger partial charge in [-0.1, -0.05) is 39.5 Å². The van der Waals surface area contributed by atoms with Crippen LogP contribution in [0.1, 0.15) is 84.5 Å². The van der Waals surface area contributed by atoms with Crippen LogP contribution in [0.15, 0.2) is 0 Å². The number of unbranched alkanes of at least 4 members (excludes halogenated alkanes) is 5. The number of esters is 2. The maximum absolute atomic E-state index is 11.6. The molecule has 0 heterocycles. The summed E-state index contributed by atoms with van der Waals surface area (Å²) in [7, 11) is 1.69. The monoisotopic (exact) mass is 358 g/mol. The molecule has 5 nitrogen and oxygen atoms in total. The van der Waals surface area contributed by atoms with E-state index in [9.17, 15) is 9.59 Å². The van der Waals surface area contributed by atoms with Crippen molar-refractivity contribution in [3.63, 3.8) is 0 Å². The van der Waals surface area contributed by atoms with Gasteiger partial charge in [0.15, 0.2) is 0 Å². The first-order valence-corrected chi connectivity index (χ1v) is 9.90. The van der Waals surface area contributed by atoms with Crippen molar-refractivity contribution in [1.29, 1.82) is 0 Å². The maximum Gasteiger partial charge on any atom is 0.305 e. The largest absolute Gasteiger partial charge is 0.466 e. The van der Waals surface area contributed by atoms with Crippen LogP contribution in [0.4, 0.5) is 0 Å². The Kier molecular flexibility index (Phi) is 16.9. The third kappa shape index (κ3) is 17.5. The van der Waals surface area contributed by atoms with Crippen LogP contribution in [-0.4, -0.2) is 38.9 Å². The molecular formula is C20H38O5. The quantitative estimate of drug-likeness (QED) is 0.279. The zero-order valence-corrected chi connectivity index (χ0v) is 16.5. The summed E-state index contributed by atoms with van der Waals surface area (Å²) >= 11 is 0. The van der Waals surface area contributed by atoms with Crippen LogP contribution in [-0.2, 0) is 23.8 Å². The Morgan fingerprint density at radius 1 is 0.760 bits per heavy atom. The van der Waals surface area contributed by atoms with Gasteiger partial charge in [-0.3, -0.25) is 9.59 Å². The summed E-state index contributed by atoms with van der Waals surface area (Å²) in [6.45, 7) is 6.03. The Morgan fingerprint density at radius 2 is 1.32 bits per heavy atom. The first kappa shape index (κ1) is 23.9. The molecule has 0 aliphatic heterocycles. The number of ether oxygens (including phenoxy) is 3. The van der Waals surface area contributed by atoms with E-state index in [1.807, 2.05) is 0 Å². The molecular weight excluding hydrogens is 320 g/mol. The van der Waals surface area contributed by atoms with Crippen LogP contribution in [0.2, 0.25) is 0 Å². The Hall–Kier alpha value is -1.10. The van der Waals surface area contributed by atoms with Crippen LogP contribution in [0.25, 0.3) is 0 Å². The van der Waals surface area contributed by atoms with Gasteiger partial charge in [0.1, 0.15) is 0 Å². The summed E-state index contributed by atoms with van der Waals surface area (Å²) in [5.41, 5.74) is 0. The zero-order chi connectivity index (χ0) is 18.8. The van der Waals surface area contributed by atoms with Gasteiger partial charge in [0.05, 0.1) is 13.2 Å². The molecule has 0 aromatic heterocycles. The number of hydrogen-bond donors (Lipinski definition) is 0. The topological polar surface area (TPSA) is 61.8 Å². The molecule has 1 atom stereocenters. The van der Waals surface area contributed by atoms with Gasteiger partial charge in [-0.15, -0.1) is 0 Å². The minimum atomic E-state index is -0.178. The molecule has 0 saturated carbocycles. The van der Waals surface area contributed by atoms with Crippen LogP contribution in [0.5, 0.6) is 0 Å². The Morgan fingerprint density at radius 3 is 1.92 bits per heavy atom. The molecule has 5 heteroatoms. The molecule has 0 aromatic carbocycles. The fourth-order valence-corrected chi connectivity index (χ4v) is 2.41. The Bertz CT molecular complexity index is 330. The van der Waals surface area contributed by atoms with Gasteiger partial charge in [0.25, 0.3) is 0 Å². The van der Waals surface area contributed by atoms with Crippen LogP contribution in [0.3, 0.4) is 0 Å². The minimum absolute atomic E-state index is 0.157. The molecule has 0 rings (SSSR count). The predicted molar refractivity (Wildman–Crippen MR) is 99.4 cm³/mol. The molecule has 0 saturated heterocycles. The fraction of sp³-hybridized carbons (Fsp3) is 0.900. The average molecular weight is 359 g/mol.